The Hall–Kier alpha value is -3.05. The van der Waals surface area contributed by atoms with Gasteiger partial charge in [-0.1, -0.05) is 18.2 Å². The molecule has 2 heterocycles. The van der Waals surface area contributed by atoms with Gasteiger partial charge in [0.15, 0.2) is 0 Å². The number of rotatable bonds is 7. The molecule has 0 aliphatic carbocycles. The zero-order chi connectivity index (χ0) is 24.1. The number of carbonyl (C=O) groups is 1. The van der Waals surface area contributed by atoms with Crippen molar-refractivity contribution in [2.45, 2.75) is 12.6 Å². The summed E-state index contributed by atoms with van der Waals surface area (Å²) in [6.45, 7) is 4.00. The number of hydrogen-bond donors (Lipinski definition) is 1. The molecule has 1 aliphatic heterocycles. The highest BCUT2D eigenvalue weighted by Crippen LogP contribution is 2.29. The molecule has 34 heavy (non-hydrogen) atoms. The molecule has 0 spiro atoms. The minimum atomic E-state index is -4.48. The number of benzene rings is 2. The summed E-state index contributed by atoms with van der Waals surface area (Å²) in [5, 5.41) is 3.53. The van der Waals surface area contributed by atoms with Crippen molar-refractivity contribution < 1.29 is 22.4 Å². The molecule has 0 saturated carbocycles. The van der Waals surface area contributed by atoms with Gasteiger partial charge in [0.1, 0.15) is 11.6 Å². The summed E-state index contributed by atoms with van der Waals surface area (Å²) in [5.41, 5.74) is 0.101. The standard InChI is InChI=1S/C23H23F4N5OS/c24-19-6-4-16(5-7-19)14-20-29-22(34-30-20)32-12-10-31(11-13-32)9-8-28-21(33)17-2-1-3-18(15-17)23(25,26)27/h1-7,15H,8-14H2,(H,28,33). The van der Waals surface area contributed by atoms with E-state index in [-0.39, 0.29) is 11.4 Å². The lowest BCUT2D eigenvalue weighted by Gasteiger charge is -2.34. The van der Waals surface area contributed by atoms with Crippen LogP contribution in [0.5, 0.6) is 0 Å². The Morgan fingerprint density at radius 3 is 2.50 bits per heavy atom. The van der Waals surface area contributed by atoms with Crippen molar-refractivity contribution in [1.82, 2.24) is 19.6 Å². The summed E-state index contributed by atoms with van der Waals surface area (Å²) in [7, 11) is 0. The van der Waals surface area contributed by atoms with Gasteiger partial charge in [-0.3, -0.25) is 9.69 Å². The molecule has 3 aromatic rings. The number of nitrogens with zero attached hydrogens (tertiary/aromatic N) is 4. The van der Waals surface area contributed by atoms with Crippen LogP contribution in [0.1, 0.15) is 27.3 Å². The fourth-order valence-corrected chi connectivity index (χ4v) is 4.40. The molecule has 1 amide bonds. The van der Waals surface area contributed by atoms with E-state index in [2.05, 4.69) is 24.5 Å². The number of halogens is 4. The third-order valence-corrected chi connectivity index (χ3v) is 6.36. The Kier molecular flexibility index (Phi) is 7.42. The van der Waals surface area contributed by atoms with Crippen molar-refractivity contribution in [2.24, 2.45) is 0 Å². The Morgan fingerprint density at radius 1 is 1.06 bits per heavy atom. The topological polar surface area (TPSA) is 61.4 Å². The van der Waals surface area contributed by atoms with Crippen LogP contribution >= 0.6 is 11.5 Å². The zero-order valence-corrected chi connectivity index (χ0v) is 19.0. The molecule has 180 valence electrons. The van der Waals surface area contributed by atoms with Crippen molar-refractivity contribution in [3.05, 3.63) is 76.9 Å². The second-order valence-electron chi connectivity index (χ2n) is 7.96. The SMILES string of the molecule is O=C(NCCN1CCN(c2nc(Cc3ccc(F)cc3)ns2)CC1)c1cccc(C(F)(F)F)c1. The molecule has 0 radical (unpaired) electrons. The van der Waals surface area contributed by atoms with Crippen molar-refractivity contribution in [2.75, 3.05) is 44.2 Å². The van der Waals surface area contributed by atoms with E-state index in [0.29, 0.717) is 25.3 Å². The average Bonchev–Trinajstić information content (AvgIpc) is 3.29. The molecular formula is C23H23F4N5OS. The van der Waals surface area contributed by atoms with Crippen molar-refractivity contribution in [3.63, 3.8) is 0 Å². The van der Waals surface area contributed by atoms with Gasteiger partial charge in [0.2, 0.25) is 5.13 Å². The maximum absolute atomic E-state index is 13.1. The van der Waals surface area contributed by atoms with Crippen LogP contribution in [-0.4, -0.2) is 59.4 Å². The Labute approximate surface area is 198 Å². The predicted octanol–water partition coefficient (Wildman–Crippen LogP) is 3.84. The van der Waals surface area contributed by atoms with Gasteiger partial charge in [-0.15, -0.1) is 0 Å². The number of hydrogen-bond acceptors (Lipinski definition) is 6. The van der Waals surface area contributed by atoms with Gasteiger partial charge in [0, 0.05) is 62.8 Å². The molecule has 1 saturated heterocycles. The van der Waals surface area contributed by atoms with Crippen LogP contribution in [0.3, 0.4) is 0 Å². The summed E-state index contributed by atoms with van der Waals surface area (Å²) in [6, 6.07) is 10.7. The molecule has 1 aromatic heterocycles. The lowest BCUT2D eigenvalue weighted by Crippen LogP contribution is -2.48. The van der Waals surface area contributed by atoms with Gasteiger partial charge < -0.3 is 10.2 Å². The molecule has 1 fully saturated rings. The summed E-state index contributed by atoms with van der Waals surface area (Å²) in [6.07, 6.45) is -3.94. The fraction of sp³-hybridized carbons (Fsp3) is 0.348. The van der Waals surface area contributed by atoms with Gasteiger partial charge in [-0.05, 0) is 35.9 Å². The summed E-state index contributed by atoms with van der Waals surface area (Å²) in [4.78, 5) is 21.2. The molecule has 4 rings (SSSR count). The first-order valence-electron chi connectivity index (χ1n) is 10.8. The van der Waals surface area contributed by atoms with Crippen molar-refractivity contribution in [3.8, 4) is 0 Å². The van der Waals surface area contributed by atoms with E-state index in [0.717, 1.165) is 49.0 Å². The van der Waals surface area contributed by atoms with E-state index in [1.165, 1.54) is 35.8 Å². The van der Waals surface area contributed by atoms with Crippen LogP contribution < -0.4 is 10.2 Å². The number of anilines is 1. The second-order valence-corrected chi connectivity index (χ2v) is 8.69. The predicted molar refractivity (Wildman–Crippen MR) is 122 cm³/mol. The third-order valence-electron chi connectivity index (χ3n) is 5.54. The molecule has 6 nitrogen and oxygen atoms in total. The number of nitrogens with one attached hydrogen (secondary N) is 1. The van der Waals surface area contributed by atoms with E-state index < -0.39 is 17.6 Å². The normalized spacial score (nSPS) is 14.9. The number of amides is 1. The van der Waals surface area contributed by atoms with E-state index >= 15 is 0 Å². The summed E-state index contributed by atoms with van der Waals surface area (Å²) >= 11 is 1.34. The maximum Gasteiger partial charge on any atom is 0.416 e. The van der Waals surface area contributed by atoms with E-state index in [9.17, 15) is 22.4 Å². The van der Waals surface area contributed by atoms with Crippen LogP contribution in [0.2, 0.25) is 0 Å². The van der Waals surface area contributed by atoms with E-state index in [1.807, 2.05) is 0 Å². The molecule has 1 N–H and O–H groups in total. The van der Waals surface area contributed by atoms with Crippen LogP contribution in [0.15, 0.2) is 48.5 Å². The molecule has 11 heteroatoms. The maximum atomic E-state index is 13.1. The zero-order valence-electron chi connectivity index (χ0n) is 18.2. The van der Waals surface area contributed by atoms with Crippen LogP contribution in [0.25, 0.3) is 0 Å². The first kappa shape index (κ1) is 24.1. The Balaban J connectivity index is 1.21. The molecule has 0 bridgehead atoms. The third kappa shape index (κ3) is 6.29. The number of carbonyl (C=O) groups excluding carboxylic acids is 1. The monoisotopic (exact) mass is 493 g/mol. The number of aromatic nitrogens is 2. The van der Waals surface area contributed by atoms with E-state index in [4.69, 9.17) is 0 Å². The quantitative estimate of drug-likeness (QED) is 0.507. The molecule has 2 aromatic carbocycles. The van der Waals surface area contributed by atoms with Crippen LogP contribution in [0.4, 0.5) is 22.7 Å². The fourth-order valence-electron chi connectivity index (χ4n) is 3.66. The first-order chi connectivity index (χ1) is 16.3. The minimum absolute atomic E-state index is 0.00708. The van der Waals surface area contributed by atoms with E-state index in [1.54, 1.807) is 12.1 Å². The van der Waals surface area contributed by atoms with Gasteiger partial charge >= 0.3 is 6.18 Å². The first-order valence-corrected chi connectivity index (χ1v) is 11.5. The van der Waals surface area contributed by atoms with Crippen molar-refractivity contribution >= 4 is 22.6 Å². The Bertz CT molecular complexity index is 1110. The van der Waals surface area contributed by atoms with Crippen molar-refractivity contribution in [1.29, 1.82) is 0 Å². The molecule has 0 atom stereocenters. The molecule has 1 aliphatic rings. The van der Waals surface area contributed by atoms with Gasteiger partial charge in [-0.25, -0.2) is 9.37 Å². The highest BCUT2D eigenvalue weighted by Gasteiger charge is 2.31. The highest BCUT2D eigenvalue weighted by molar-refractivity contribution is 7.09. The van der Waals surface area contributed by atoms with Crippen LogP contribution in [-0.2, 0) is 12.6 Å². The Morgan fingerprint density at radius 2 is 1.79 bits per heavy atom. The minimum Gasteiger partial charge on any atom is -0.351 e. The van der Waals surface area contributed by atoms with Gasteiger partial charge in [0.25, 0.3) is 5.91 Å². The summed E-state index contributed by atoms with van der Waals surface area (Å²) < 4.78 is 56.0. The van der Waals surface area contributed by atoms with Crippen LogP contribution in [0, 0.1) is 5.82 Å². The lowest BCUT2D eigenvalue weighted by atomic mass is 10.1. The van der Waals surface area contributed by atoms with Gasteiger partial charge in [-0.2, -0.15) is 17.5 Å². The number of alkyl halides is 3. The molecular weight excluding hydrogens is 470 g/mol. The molecule has 0 unspecified atom stereocenters. The largest absolute Gasteiger partial charge is 0.416 e. The van der Waals surface area contributed by atoms with Gasteiger partial charge in [0.05, 0.1) is 5.56 Å². The number of piperazine rings is 1. The lowest BCUT2D eigenvalue weighted by molar-refractivity contribution is -0.137. The second kappa shape index (κ2) is 10.5. The average molecular weight is 494 g/mol. The summed E-state index contributed by atoms with van der Waals surface area (Å²) in [5.74, 6) is -0.0950. The highest BCUT2D eigenvalue weighted by atomic mass is 32.1. The smallest absolute Gasteiger partial charge is 0.351 e.